The van der Waals surface area contributed by atoms with Crippen LogP contribution in [0.2, 0.25) is 0 Å². The van der Waals surface area contributed by atoms with Crippen molar-refractivity contribution in [2.24, 2.45) is 5.92 Å². The summed E-state index contributed by atoms with van der Waals surface area (Å²) in [7, 11) is 1.58. The van der Waals surface area contributed by atoms with Crippen LogP contribution in [0.3, 0.4) is 0 Å². The third kappa shape index (κ3) is 4.06. The highest BCUT2D eigenvalue weighted by molar-refractivity contribution is 5.95. The number of carboxylic acids is 1. The molecule has 1 aliphatic carbocycles. The van der Waals surface area contributed by atoms with Gasteiger partial charge in [-0.2, -0.15) is 0 Å². The molecule has 1 saturated heterocycles. The summed E-state index contributed by atoms with van der Waals surface area (Å²) in [4.78, 5) is 25.6. The van der Waals surface area contributed by atoms with Crippen molar-refractivity contribution in [2.75, 3.05) is 20.2 Å². The number of piperidine rings is 1. The quantitative estimate of drug-likeness (QED) is 0.886. The van der Waals surface area contributed by atoms with Crippen LogP contribution in [0.4, 0.5) is 0 Å². The van der Waals surface area contributed by atoms with Gasteiger partial charge >= 0.3 is 5.97 Å². The van der Waals surface area contributed by atoms with E-state index < -0.39 is 11.9 Å². The summed E-state index contributed by atoms with van der Waals surface area (Å²) in [5.41, 5.74) is 0.514. The maximum atomic E-state index is 12.8. The second-order valence-corrected chi connectivity index (χ2v) is 6.82. The number of methoxy groups -OCH3 is 1. The topological polar surface area (TPSA) is 76.1 Å². The van der Waals surface area contributed by atoms with Crippen molar-refractivity contribution >= 4 is 11.9 Å². The van der Waals surface area contributed by atoms with Gasteiger partial charge in [-0.15, -0.1) is 0 Å². The third-order valence-corrected chi connectivity index (χ3v) is 5.06. The van der Waals surface area contributed by atoms with Gasteiger partial charge in [0, 0.05) is 18.7 Å². The summed E-state index contributed by atoms with van der Waals surface area (Å²) in [6.07, 6.45) is 5.88. The van der Waals surface area contributed by atoms with Gasteiger partial charge in [0.2, 0.25) is 0 Å². The van der Waals surface area contributed by atoms with Gasteiger partial charge in [-0.1, -0.05) is 0 Å². The number of carboxylic acid groups (broad SMARTS) is 1. The summed E-state index contributed by atoms with van der Waals surface area (Å²) in [6.45, 7) is 0.854. The van der Waals surface area contributed by atoms with Crippen LogP contribution in [-0.2, 0) is 4.79 Å². The molecule has 1 aromatic rings. The molecule has 136 valence electrons. The van der Waals surface area contributed by atoms with Crippen LogP contribution >= 0.6 is 0 Å². The average molecular weight is 347 g/mol. The van der Waals surface area contributed by atoms with E-state index in [9.17, 15) is 14.7 Å². The van der Waals surface area contributed by atoms with Gasteiger partial charge in [-0.3, -0.25) is 9.59 Å². The first-order chi connectivity index (χ1) is 12.1. The van der Waals surface area contributed by atoms with Crippen molar-refractivity contribution in [1.82, 2.24) is 4.90 Å². The molecule has 0 spiro atoms. The Balaban J connectivity index is 1.76. The lowest BCUT2D eigenvalue weighted by Gasteiger charge is -2.31. The van der Waals surface area contributed by atoms with Crippen molar-refractivity contribution in [3.05, 3.63) is 23.8 Å². The monoisotopic (exact) mass is 347 g/mol. The number of rotatable bonds is 5. The lowest BCUT2D eigenvalue weighted by Crippen LogP contribution is -2.42. The number of carbonyl (C=O) groups is 2. The molecule has 1 N–H and O–H groups in total. The Morgan fingerprint density at radius 2 is 1.88 bits per heavy atom. The molecule has 2 aliphatic rings. The molecule has 3 rings (SSSR count). The zero-order valence-corrected chi connectivity index (χ0v) is 14.6. The van der Waals surface area contributed by atoms with E-state index in [0.29, 0.717) is 36.4 Å². The highest BCUT2D eigenvalue weighted by Crippen LogP contribution is 2.33. The number of amides is 1. The largest absolute Gasteiger partial charge is 0.493 e. The number of carbonyl (C=O) groups excluding carboxylic acids is 1. The van der Waals surface area contributed by atoms with Gasteiger partial charge in [-0.05, 0) is 56.7 Å². The maximum Gasteiger partial charge on any atom is 0.308 e. The van der Waals surface area contributed by atoms with Gasteiger partial charge in [0.15, 0.2) is 11.5 Å². The van der Waals surface area contributed by atoms with E-state index in [1.165, 1.54) is 0 Å². The lowest BCUT2D eigenvalue weighted by atomic mass is 9.97. The van der Waals surface area contributed by atoms with Crippen molar-refractivity contribution in [2.45, 2.75) is 44.6 Å². The number of ether oxygens (including phenoxy) is 2. The predicted molar refractivity (Wildman–Crippen MR) is 92.1 cm³/mol. The van der Waals surface area contributed by atoms with Gasteiger partial charge in [-0.25, -0.2) is 0 Å². The molecule has 1 aliphatic heterocycles. The van der Waals surface area contributed by atoms with Crippen molar-refractivity contribution in [3.63, 3.8) is 0 Å². The molecule has 6 nitrogen and oxygen atoms in total. The number of likely N-dealkylation sites (tertiary alicyclic amines) is 1. The Morgan fingerprint density at radius 1 is 1.12 bits per heavy atom. The molecule has 25 heavy (non-hydrogen) atoms. The highest BCUT2D eigenvalue weighted by atomic mass is 16.5. The number of hydrogen-bond donors (Lipinski definition) is 1. The van der Waals surface area contributed by atoms with Crippen molar-refractivity contribution in [3.8, 4) is 11.5 Å². The van der Waals surface area contributed by atoms with E-state index in [-0.39, 0.29) is 18.6 Å². The summed E-state index contributed by atoms with van der Waals surface area (Å²) >= 11 is 0. The molecule has 1 unspecified atom stereocenters. The van der Waals surface area contributed by atoms with E-state index >= 15 is 0 Å². The molecule has 1 atom stereocenters. The third-order valence-electron chi connectivity index (χ3n) is 5.06. The number of aliphatic carboxylic acids is 1. The van der Waals surface area contributed by atoms with Gasteiger partial charge in [0.05, 0.1) is 19.1 Å². The smallest absolute Gasteiger partial charge is 0.308 e. The van der Waals surface area contributed by atoms with Crippen molar-refractivity contribution < 1.29 is 24.2 Å². The second kappa shape index (κ2) is 7.76. The zero-order valence-electron chi connectivity index (χ0n) is 14.6. The standard InChI is InChI=1S/C19H25NO5/c1-24-16-9-8-13(11-17(16)25-15-6-2-3-7-15)18(21)20-10-4-5-14(12-20)19(22)23/h8-9,11,14-15H,2-7,10,12H2,1H3,(H,22,23). The molecule has 0 bridgehead atoms. The van der Waals surface area contributed by atoms with Gasteiger partial charge in [0.1, 0.15) is 0 Å². The minimum Gasteiger partial charge on any atom is -0.493 e. The summed E-state index contributed by atoms with van der Waals surface area (Å²) in [6, 6.07) is 5.19. The lowest BCUT2D eigenvalue weighted by molar-refractivity contribution is -0.143. The van der Waals surface area contributed by atoms with Gasteiger partial charge < -0.3 is 19.5 Å². The van der Waals surface area contributed by atoms with E-state index in [0.717, 1.165) is 25.7 Å². The number of hydrogen-bond acceptors (Lipinski definition) is 4. The summed E-state index contributed by atoms with van der Waals surface area (Å²) < 4.78 is 11.4. The van der Waals surface area contributed by atoms with Crippen LogP contribution in [0.25, 0.3) is 0 Å². The first-order valence-corrected chi connectivity index (χ1v) is 8.95. The fourth-order valence-electron chi connectivity index (χ4n) is 3.63. The molecule has 2 fully saturated rings. The zero-order chi connectivity index (χ0) is 17.8. The van der Waals surface area contributed by atoms with Gasteiger partial charge in [0.25, 0.3) is 5.91 Å². The fourth-order valence-corrected chi connectivity index (χ4v) is 3.63. The number of benzene rings is 1. The van der Waals surface area contributed by atoms with Crippen LogP contribution in [0.15, 0.2) is 18.2 Å². The molecule has 1 saturated carbocycles. The minimum absolute atomic E-state index is 0.148. The molecule has 1 aromatic carbocycles. The second-order valence-electron chi connectivity index (χ2n) is 6.82. The number of nitrogens with zero attached hydrogens (tertiary/aromatic N) is 1. The van der Waals surface area contributed by atoms with E-state index in [4.69, 9.17) is 9.47 Å². The highest BCUT2D eigenvalue weighted by Gasteiger charge is 2.29. The molecular formula is C19H25NO5. The molecule has 0 radical (unpaired) electrons. The van der Waals surface area contributed by atoms with Crippen LogP contribution in [0.1, 0.15) is 48.9 Å². The Bertz CT molecular complexity index is 639. The Morgan fingerprint density at radius 3 is 2.56 bits per heavy atom. The fraction of sp³-hybridized carbons (Fsp3) is 0.579. The molecule has 1 heterocycles. The predicted octanol–water partition coefficient (Wildman–Crippen LogP) is 2.95. The maximum absolute atomic E-state index is 12.8. The normalized spacial score (nSPS) is 21.2. The van der Waals surface area contributed by atoms with E-state index in [1.807, 2.05) is 0 Å². The van der Waals surface area contributed by atoms with Crippen LogP contribution in [-0.4, -0.2) is 48.2 Å². The van der Waals surface area contributed by atoms with E-state index in [1.54, 1.807) is 30.2 Å². The molecule has 0 aromatic heterocycles. The van der Waals surface area contributed by atoms with E-state index in [2.05, 4.69) is 0 Å². The molecule has 1 amide bonds. The SMILES string of the molecule is COc1ccc(C(=O)N2CCCC(C(=O)O)C2)cc1OC1CCCC1. The first kappa shape index (κ1) is 17.6. The summed E-state index contributed by atoms with van der Waals surface area (Å²) in [5.74, 6) is -0.259. The Labute approximate surface area is 147 Å². The van der Waals surface area contributed by atoms with Crippen molar-refractivity contribution in [1.29, 1.82) is 0 Å². The summed E-state index contributed by atoms with van der Waals surface area (Å²) in [5, 5.41) is 9.21. The van der Waals surface area contributed by atoms with Crippen LogP contribution < -0.4 is 9.47 Å². The van der Waals surface area contributed by atoms with Crippen LogP contribution in [0.5, 0.6) is 11.5 Å². The average Bonchev–Trinajstić information content (AvgIpc) is 3.14. The minimum atomic E-state index is -0.836. The first-order valence-electron chi connectivity index (χ1n) is 8.95. The molecular weight excluding hydrogens is 322 g/mol. The molecule has 6 heteroatoms. The Hall–Kier alpha value is -2.24. The van der Waals surface area contributed by atoms with Crippen LogP contribution in [0, 0.1) is 5.92 Å². The Kier molecular flexibility index (Phi) is 5.46.